The third-order valence-electron chi connectivity index (χ3n) is 4.63. The molecule has 7 nitrogen and oxygen atoms in total. The fourth-order valence-electron chi connectivity index (χ4n) is 3.15. The van der Waals surface area contributed by atoms with Gasteiger partial charge in [-0.15, -0.1) is 0 Å². The SMILES string of the molecule is CC(CO)N1CCCN(C(=O)c2cncc3c(=O)[nH]ccc23)CC1. The summed E-state index contributed by atoms with van der Waals surface area (Å²) >= 11 is 0. The molecular formula is C17H22N4O3. The normalized spacial score (nSPS) is 17.7. The number of nitrogens with one attached hydrogen (secondary N) is 1. The number of carbonyl (C=O) groups excluding carboxylic acids is 1. The molecule has 1 aliphatic rings. The second-order valence-electron chi connectivity index (χ2n) is 6.17. The van der Waals surface area contributed by atoms with E-state index in [0.29, 0.717) is 29.4 Å². The van der Waals surface area contributed by atoms with Crippen molar-refractivity contribution in [2.75, 3.05) is 32.8 Å². The number of pyridine rings is 2. The van der Waals surface area contributed by atoms with Crippen LogP contribution in [-0.4, -0.2) is 69.6 Å². The van der Waals surface area contributed by atoms with Crippen LogP contribution in [0.15, 0.2) is 29.5 Å². The van der Waals surface area contributed by atoms with Crippen LogP contribution in [0, 0.1) is 0 Å². The predicted molar refractivity (Wildman–Crippen MR) is 91.0 cm³/mol. The van der Waals surface area contributed by atoms with Crippen LogP contribution in [0.3, 0.4) is 0 Å². The lowest BCUT2D eigenvalue weighted by atomic mass is 10.1. The summed E-state index contributed by atoms with van der Waals surface area (Å²) in [5, 5.41) is 10.4. The number of rotatable bonds is 3. The van der Waals surface area contributed by atoms with Gasteiger partial charge in [0, 0.05) is 56.2 Å². The molecule has 0 saturated carbocycles. The Morgan fingerprint density at radius 2 is 2.12 bits per heavy atom. The minimum absolute atomic E-state index is 0.0952. The van der Waals surface area contributed by atoms with Gasteiger partial charge in [-0.3, -0.25) is 19.5 Å². The molecule has 3 heterocycles. The molecule has 0 radical (unpaired) electrons. The number of fused-ring (bicyclic) bond motifs is 1. The number of amides is 1. The molecule has 0 bridgehead atoms. The van der Waals surface area contributed by atoms with Gasteiger partial charge in [0.25, 0.3) is 11.5 Å². The van der Waals surface area contributed by atoms with Gasteiger partial charge in [0.1, 0.15) is 0 Å². The molecule has 3 rings (SSSR count). The van der Waals surface area contributed by atoms with Gasteiger partial charge in [-0.25, -0.2) is 0 Å². The highest BCUT2D eigenvalue weighted by atomic mass is 16.3. The molecule has 2 aromatic heterocycles. The monoisotopic (exact) mass is 330 g/mol. The van der Waals surface area contributed by atoms with Crippen molar-refractivity contribution in [1.82, 2.24) is 19.8 Å². The number of hydrogen-bond acceptors (Lipinski definition) is 5. The zero-order valence-corrected chi connectivity index (χ0v) is 13.7. The van der Waals surface area contributed by atoms with E-state index in [4.69, 9.17) is 0 Å². The quantitative estimate of drug-likeness (QED) is 0.853. The van der Waals surface area contributed by atoms with Crippen LogP contribution in [0.1, 0.15) is 23.7 Å². The second kappa shape index (κ2) is 7.11. The summed E-state index contributed by atoms with van der Waals surface area (Å²) in [5.41, 5.74) is 0.218. The first kappa shape index (κ1) is 16.6. The molecule has 128 valence electrons. The number of aliphatic hydroxyl groups is 1. The Labute approximate surface area is 139 Å². The Morgan fingerprint density at radius 3 is 2.92 bits per heavy atom. The zero-order chi connectivity index (χ0) is 17.1. The molecule has 0 aromatic carbocycles. The van der Waals surface area contributed by atoms with E-state index < -0.39 is 0 Å². The Morgan fingerprint density at radius 1 is 1.29 bits per heavy atom. The average molecular weight is 330 g/mol. The highest BCUT2D eigenvalue weighted by Crippen LogP contribution is 2.17. The van der Waals surface area contributed by atoms with Gasteiger partial charge in [-0.1, -0.05) is 0 Å². The largest absolute Gasteiger partial charge is 0.395 e. The number of nitrogens with zero attached hydrogens (tertiary/aromatic N) is 3. The average Bonchev–Trinajstić information content (AvgIpc) is 2.86. The van der Waals surface area contributed by atoms with Crippen molar-refractivity contribution in [2.24, 2.45) is 0 Å². The van der Waals surface area contributed by atoms with E-state index in [0.717, 1.165) is 19.5 Å². The van der Waals surface area contributed by atoms with Crippen LogP contribution in [0.25, 0.3) is 10.8 Å². The number of H-pyrrole nitrogens is 1. The predicted octanol–water partition coefficient (Wildman–Crippen LogP) is 0.452. The van der Waals surface area contributed by atoms with Gasteiger partial charge in [-0.05, 0) is 19.4 Å². The maximum Gasteiger partial charge on any atom is 0.257 e. The van der Waals surface area contributed by atoms with Gasteiger partial charge >= 0.3 is 0 Å². The van der Waals surface area contributed by atoms with E-state index in [2.05, 4.69) is 14.9 Å². The van der Waals surface area contributed by atoms with Crippen molar-refractivity contribution in [3.05, 3.63) is 40.6 Å². The first-order chi connectivity index (χ1) is 11.6. The molecule has 2 aromatic rings. The number of aliphatic hydroxyl groups excluding tert-OH is 1. The van der Waals surface area contributed by atoms with Gasteiger partial charge in [0.2, 0.25) is 0 Å². The lowest BCUT2D eigenvalue weighted by Crippen LogP contribution is -2.39. The Balaban J connectivity index is 1.85. The summed E-state index contributed by atoms with van der Waals surface area (Å²) < 4.78 is 0. The Kier molecular flexibility index (Phi) is 4.92. The van der Waals surface area contributed by atoms with Crippen molar-refractivity contribution in [2.45, 2.75) is 19.4 Å². The molecule has 1 saturated heterocycles. The van der Waals surface area contributed by atoms with E-state index >= 15 is 0 Å². The van der Waals surface area contributed by atoms with Crippen LogP contribution < -0.4 is 5.56 Å². The van der Waals surface area contributed by atoms with Crippen molar-refractivity contribution in [1.29, 1.82) is 0 Å². The molecule has 1 atom stereocenters. The minimum Gasteiger partial charge on any atom is -0.395 e. The van der Waals surface area contributed by atoms with E-state index in [1.165, 1.54) is 12.4 Å². The van der Waals surface area contributed by atoms with E-state index in [1.807, 2.05) is 11.8 Å². The molecule has 0 aliphatic carbocycles. The summed E-state index contributed by atoms with van der Waals surface area (Å²) in [6, 6.07) is 1.83. The van der Waals surface area contributed by atoms with Gasteiger partial charge < -0.3 is 15.0 Å². The summed E-state index contributed by atoms with van der Waals surface area (Å²) in [6.45, 7) is 4.95. The number of aromatic amines is 1. The lowest BCUT2D eigenvalue weighted by molar-refractivity contribution is 0.0755. The van der Waals surface area contributed by atoms with Crippen molar-refractivity contribution >= 4 is 16.7 Å². The zero-order valence-electron chi connectivity index (χ0n) is 13.7. The van der Waals surface area contributed by atoms with E-state index in [9.17, 15) is 14.7 Å². The molecule has 1 aliphatic heterocycles. The Bertz CT molecular complexity index is 789. The third kappa shape index (κ3) is 3.18. The standard InChI is InChI=1S/C17H22N4O3/c1-12(11-22)20-5-2-6-21(8-7-20)17(24)15-10-18-9-14-13(15)3-4-19-16(14)23/h3-4,9-10,12,22H,2,5-8,11H2,1H3,(H,19,23). The van der Waals surface area contributed by atoms with Crippen LogP contribution in [0.2, 0.25) is 0 Å². The van der Waals surface area contributed by atoms with E-state index in [-0.39, 0.29) is 24.1 Å². The van der Waals surface area contributed by atoms with Crippen LogP contribution in [-0.2, 0) is 0 Å². The molecule has 2 N–H and O–H groups in total. The summed E-state index contributed by atoms with van der Waals surface area (Å²) in [6.07, 6.45) is 5.42. The molecule has 7 heteroatoms. The van der Waals surface area contributed by atoms with E-state index in [1.54, 1.807) is 12.3 Å². The van der Waals surface area contributed by atoms with Crippen LogP contribution in [0.5, 0.6) is 0 Å². The summed E-state index contributed by atoms with van der Waals surface area (Å²) in [5.74, 6) is -0.0998. The highest BCUT2D eigenvalue weighted by Gasteiger charge is 2.24. The third-order valence-corrected chi connectivity index (χ3v) is 4.63. The molecular weight excluding hydrogens is 308 g/mol. The summed E-state index contributed by atoms with van der Waals surface area (Å²) in [7, 11) is 0. The van der Waals surface area contributed by atoms with Crippen molar-refractivity contribution < 1.29 is 9.90 Å². The Hall–Kier alpha value is -2.25. The lowest BCUT2D eigenvalue weighted by Gasteiger charge is -2.26. The highest BCUT2D eigenvalue weighted by molar-refractivity contribution is 6.06. The first-order valence-electron chi connectivity index (χ1n) is 8.21. The molecule has 1 unspecified atom stereocenters. The number of aromatic nitrogens is 2. The number of hydrogen-bond donors (Lipinski definition) is 2. The van der Waals surface area contributed by atoms with Crippen LogP contribution in [0.4, 0.5) is 0 Å². The van der Waals surface area contributed by atoms with Gasteiger partial charge in [0.15, 0.2) is 0 Å². The fourth-order valence-corrected chi connectivity index (χ4v) is 3.15. The van der Waals surface area contributed by atoms with Crippen molar-refractivity contribution in [3.63, 3.8) is 0 Å². The van der Waals surface area contributed by atoms with Crippen LogP contribution >= 0.6 is 0 Å². The maximum atomic E-state index is 12.9. The topological polar surface area (TPSA) is 89.5 Å². The van der Waals surface area contributed by atoms with Gasteiger partial charge in [-0.2, -0.15) is 0 Å². The van der Waals surface area contributed by atoms with Gasteiger partial charge in [0.05, 0.1) is 17.6 Å². The first-order valence-corrected chi connectivity index (χ1v) is 8.21. The van der Waals surface area contributed by atoms with Crippen molar-refractivity contribution in [3.8, 4) is 0 Å². The molecule has 1 amide bonds. The minimum atomic E-state index is -0.242. The fraction of sp³-hybridized carbons (Fsp3) is 0.471. The smallest absolute Gasteiger partial charge is 0.257 e. The summed E-state index contributed by atoms with van der Waals surface area (Å²) in [4.78, 5) is 35.5. The molecule has 1 fully saturated rings. The molecule has 24 heavy (non-hydrogen) atoms. The molecule has 0 spiro atoms. The second-order valence-corrected chi connectivity index (χ2v) is 6.17. The maximum absolute atomic E-state index is 12.9. The number of carbonyl (C=O) groups is 1.